The molecule has 0 saturated heterocycles. The highest BCUT2D eigenvalue weighted by Gasteiger charge is 2.23. The second-order valence-electron chi connectivity index (χ2n) is 6.11. The zero-order valence-electron chi connectivity index (χ0n) is 12.1. The van der Waals surface area contributed by atoms with Gasteiger partial charge in [-0.05, 0) is 35.6 Å². The molecule has 19 heavy (non-hydrogen) atoms. The normalized spacial score (nSPS) is 12.1. The van der Waals surface area contributed by atoms with E-state index in [9.17, 15) is 4.79 Å². The molecule has 0 aliphatic rings. The minimum atomic E-state index is -0.00294. The molecule has 1 amide bonds. The smallest absolute Gasteiger partial charge is 0.251 e. The predicted molar refractivity (Wildman–Crippen MR) is 79.3 cm³/mol. The van der Waals surface area contributed by atoms with Gasteiger partial charge in [0.25, 0.3) is 5.91 Å². The van der Waals surface area contributed by atoms with Gasteiger partial charge in [-0.15, -0.1) is 0 Å². The molecule has 0 unspecified atom stereocenters. The number of rotatable bonds is 4. The summed E-state index contributed by atoms with van der Waals surface area (Å²) in [6.07, 6.45) is 1.88. The summed E-state index contributed by atoms with van der Waals surface area (Å²) < 4.78 is 0. The van der Waals surface area contributed by atoms with Gasteiger partial charge in [0, 0.05) is 29.2 Å². The third-order valence-electron chi connectivity index (χ3n) is 4.08. The molecule has 1 aromatic carbocycles. The number of nitrogens with one attached hydrogen (secondary N) is 2. The molecular formula is C16H22N2O. The van der Waals surface area contributed by atoms with Gasteiger partial charge in [-0.1, -0.05) is 27.7 Å². The Bertz CT molecular complexity index is 581. The van der Waals surface area contributed by atoms with Crippen LogP contribution in [0.25, 0.3) is 10.9 Å². The average molecular weight is 258 g/mol. The molecule has 2 N–H and O–H groups in total. The van der Waals surface area contributed by atoms with E-state index in [4.69, 9.17) is 0 Å². The molecule has 1 aromatic heterocycles. The van der Waals surface area contributed by atoms with E-state index >= 15 is 0 Å². The molecule has 0 atom stereocenters. The molecule has 0 fully saturated rings. The zero-order chi connectivity index (χ0) is 14.0. The Morgan fingerprint density at radius 2 is 2.05 bits per heavy atom. The van der Waals surface area contributed by atoms with Crippen molar-refractivity contribution in [1.29, 1.82) is 0 Å². The second-order valence-corrected chi connectivity index (χ2v) is 6.11. The summed E-state index contributed by atoms with van der Waals surface area (Å²) in [6.45, 7) is 9.39. The fourth-order valence-corrected chi connectivity index (χ4v) is 1.81. The first-order valence-corrected chi connectivity index (χ1v) is 6.75. The van der Waals surface area contributed by atoms with Crippen LogP contribution in [0.1, 0.15) is 38.1 Å². The van der Waals surface area contributed by atoms with Gasteiger partial charge in [0.15, 0.2) is 0 Å². The Morgan fingerprint density at radius 1 is 1.32 bits per heavy atom. The highest BCUT2D eigenvalue weighted by molar-refractivity contribution is 5.98. The van der Waals surface area contributed by atoms with Crippen LogP contribution < -0.4 is 5.32 Å². The van der Waals surface area contributed by atoms with Crippen molar-refractivity contribution in [2.45, 2.75) is 27.7 Å². The average Bonchev–Trinajstić information content (AvgIpc) is 2.82. The van der Waals surface area contributed by atoms with Crippen molar-refractivity contribution in [1.82, 2.24) is 10.3 Å². The lowest BCUT2D eigenvalue weighted by atomic mass is 9.81. The second kappa shape index (κ2) is 5.08. The summed E-state index contributed by atoms with van der Waals surface area (Å²) in [5.41, 5.74) is 1.87. The van der Waals surface area contributed by atoms with Gasteiger partial charge >= 0.3 is 0 Å². The van der Waals surface area contributed by atoms with E-state index in [1.54, 1.807) is 0 Å². The van der Waals surface area contributed by atoms with Crippen LogP contribution in [-0.2, 0) is 0 Å². The van der Waals surface area contributed by atoms with Crippen molar-refractivity contribution in [2.75, 3.05) is 6.54 Å². The molecule has 0 aliphatic carbocycles. The van der Waals surface area contributed by atoms with Crippen LogP contribution in [0.3, 0.4) is 0 Å². The van der Waals surface area contributed by atoms with E-state index < -0.39 is 0 Å². The van der Waals surface area contributed by atoms with Crippen LogP contribution in [0.2, 0.25) is 0 Å². The number of H-pyrrole nitrogens is 1. The van der Waals surface area contributed by atoms with E-state index in [1.165, 1.54) is 0 Å². The fraction of sp³-hybridized carbons (Fsp3) is 0.438. The van der Waals surface area contributed by atoms with Gasteiger partial charge in [0.05, 0.1) is 0 Å². The Balaban J connectivity index is 2.07. The van der Waals surface area contributed by atoms with Crippen molar-refractivity contribution in [3.8, 4) is 0 Å². The van der Waals surface area contributed by atoms with Crippen LogP contribution in [0.4, 0.5) is 0 Å². The monoisotopic (exact) mass is 258 g/mol. The lowest BCUT2D eigenvalue weighted by Gasteiger charge is -2.29. The number of aromatic nitrogens is 1. The molecule has 0 aliphatic heterocycles. The molecule has 0 radical (unpaired) electrons. The maximum Gasteiger partial charge on any atom is 0.251 e. The van der Waals surface area contributed by atoms with Crippen molar-refractivity contribution >= 4 is 16.8 Å². The lowest BCUT2D eigenvalue weighted by molar-refractivity contribution is 0.0925. The summed E-state index contributed by atoms with van der Waals surface area (Å²) in [7, 11) is 0. The summed E-state index contributed by atoms with van der Waals surface area (Å²) in [6, 6.07) is 7.70. The minimum Gasteiger partial charge on any atom is -0.361 e. The van der Waals surface area contributed by atoms with Crippen LogP contribution in [0, 0.1) is 11.3 Å². The molecule has 1 heterocycles. The number of hydrogen-bond donors (Lipinski definition) is 2. The van der Waals surface area contributed by atoms with Crippen molar-refractivity contribution in [3.05, 3.63) is 36.0 Å². The number of carbonyl (C=O) groups excluding carboxylic acids is 1. The summed E-state index contributed by atoms with van der Waals surface area (Å²) in [4.78, 5) is 15.3. The van der Waals surface area contributed by atoms with Gasteiger partial charge in [-0.25, -0.2) is 0 Å². The van der Waals surface area contributed by atoms with Gasteiger partial charge < -0.3 is 10.3 Å². The summed E-state index contributed by atoms with van der Waals surface area (Å²) in [5.74, 6) is 0.525. The summed E-state index contributed by atoms with van der Waals surface area (Å²) >= 11 is 0. The number of carbonyl (C=O) groups is 1. The summed E-state index contributed by atoms with van der Waals surface area (Å²) in [5, 5.41) is 4.09. The van der Waals surface area contributed by atoms with Gasteiger partial charge in [0.1, 0.15) is 0 Å². The van der Waals surface area contributed by atoms with Crippen molar-refractivity contribution in [3.63, 3.8) is 0 Å². The maximum atomic E-state index is 12.2. The molecule has 2 rings (SSSR count). The molecule has 0 bridgehead atoms. The molecular weight excluding hydrogens is 236 g/mol. The van der Waals surface area contributed by atoms with E-state index in [-0.39, 0.29) is 11.3 Å². The van der Waals surface area contributed by atoms with Crippen LogP contribution in [0.5, 0.6) is 0 Å². The van der Waals surface area contributed by atoms with Crippen LogP contribution in [-0.4, -0.2) is 17.4 Å². The fourth-order valence-electron chi connectivity index (χ4n) is 1.81. The third kappa shape index (κ3) is 2.98. The van der Waals surface area contributed by atoms with Crippen LogP contribution >= 0.6 is 0 Å². The number of hydrogen-bond acceptors (Lipinski definition) is 1. The number of amides is 1. The molecule has 102 valence electrons. The van der Waals surface area contributed by atoms with Crippen molar-refractivity contribution in [2.24, 2.45) is 11.3 Å². The number of benzene rings is 1. The van der Waals surface area contributed by atoms with Gasteiger partial charge in [-0.3, -0.25) is 4.79 Å². The highest BCUT2D eigenvalue weighted by atomic mass is 16.1. The predicted octanol–water partition coefficient (Wildman–Crippen LogP) is 3.58. The quantitative estimate of drug-likeness (QED) is 0.865. The SMILES string of the molecule is CC(C)C(C)(C)CNC(=O)c1ccc2[nH]ccc2c1. The third-order valence-corrected chi connectivity index (χ3v) is 4.08. The Morgan fingerprint density at radius 3 is 2.74 bits per heavy atom. The minimum absolute atomic E-state index is 0.00294. The van der Waals surface area contributed by atoms with Crippen LogP contribution in [0.15, 0.2) is 30.5 Å². The molecule has 3 heteroatoms. The lowest BCUT2D eigenvalue weighted by Crippen LogP contribution is -2.36. The Labute approximate surface area is 114 Å². The standard InChI is InChI=1S/C16H22N2O/c1-11(2)16(3,4)10-18-15(19)13-5-6-14-12(9-13)7-8-17-14/h5-9,11,17H,10H2,1-4H3,(H,18,19). The van der Waals surface area contributed by atoms with Gasteiger partial charge in [-0.2, -0.15) is 0 Å². The topological polar surface area (TPSA) is 44.9 Å². The Hall–Kier alpha value is -1.77. The van der Waals surface area contributed by atoms with E-state index in [0.29, 0.717) is 18.0 Å². The van der Waals surface area contributed by atoms with E-state index in [0.717, 1.165) is 10.9 Å². The van der Waals surface area contributed by atoms with E-state index in [2.05, 4.69) is 38.0 Å². The first-order valence-electron chi connectivity index (χ1n) is 6.75. The zero-order valence-corrected chi connectivity index (χ0v) is 12.1. The largest absolute Gasteiger partial charge is 0.361 e. The van der Waals surface area contributed by atoms with Crippen molar-refractivity contribution < 1.29 is 4.79 Å². The first-order chi connectivity index (χ1) is 8.90. The first kappa shape index (κ1) is 13.7. The molecule has 0 spiro atoms. The molecule has 0 saturated carbocycles. The molecule has 2 aromatic rings. The number of aromatic amines is 1. The van der Waals surface area contributed by atoms with Gasteiger partial charge in [0.2, 0.25) is 0 Å². The highest BCUT2D eigenvalue weighted by Crippen LogP contribution is 2.24. The van der Waals surface area contributed by atoms with E-state index in [1.807, 2.05) is 30.5 Å². The number of fused-ring (bicyclic) bond motifs is 1. The molecule has 3 nitrogen and oxygen atoms in total. The maximum absolute atomic E-state index is 12.2. The Kier molecular flexibility index (Phi) is 3.65.